The lowest BCUT2D eigenvalue weighted by Gasteiger charge is -2.34. The maximum absolute atomic E-state index is 14.1. The Morgan fingerprint density at radius 2 is 1.77 bits per heavy atom. The number of rotatable bonds is 15. The van der Waals surface area contributed by atoms with Crippen LogP contribution in [0.5, 0.6) is 0 Å². The summed E-state index contributed by atoms with van der Waals surface area (Å²) >= 11 is 1.54. The molecule has 0 saturated heterocycles. The molecule has 3 amide bonds. The summed E-state index contributed by atoms with van der Waals surface area (Å²) in [5.41, 5.74) is 0.408. The number of esters is 1. The molecule has 0 aliphatic carbocycles. The number of ether oxygens (including phenoxy) is 2. The molecule has 9 nitrogen and oxygen atoms in total. The number of thioether (sulfide) groups is 1. The maximum Gasteiger partial charge on any atom is 0.408 e. The molecule has 1 aromatic carbocycles. The Balaban J connectivity index is 3.49. The topological polar surface area (TPSA) is 114 Å². The van der Waals surface area contributed by atoms with Crippen LogP contribution in [-0.2, 0) is 23.9 Å². The van der Waals surface area contributed by atoms with Crippen LogP contribution >= 0.6 is 11.8 Å². The minimum atomic E-state index is -1.06. The van der Waals surface area contributed by atoms with E-state index in [0.29, 0.717) is 29.7 Å². The fourth-order valence-corrected chi connectivity index (χ4v) is 4.25. The number of amides is 3. The van der Waals surface area contributed by atoms with Gasteiger partial charge in [-0.05, 0) is 63.3 Å². The highest BCUT2D eigenvalue weighted by Crippen LogP contribution is 2.25. The van der Waals surface area contributed by atoms with Gasteiger partial charge in [0.1, 0.15) is 24.2 Å². The van der Waals surface area contributed by atoms with Gasteiger partial charge in [-0.1, -0.05) is 44.2 Å². The number of unbranched alkanes of at least 4 members (excludes halogenated alkanes) is 3. The predicted octanol–water partition coefficient (Wildman–Crippen LogP) is 4.05. The largest absolute Gasteiger partial charge is 0.468 e. The van der Waals surface area contributed by atoms with Crippen LogP contribution < -0.4 is 10.6 Å². The molecule has 1 aromatic rings. The summed E-state index contributed by atoms with van der Waals surface area (Å²) in [5, 5.41) is 5.30. The lowest BCUT2D eigenvalue weighted by atomic mass is 10.00. The third-order valence-corrected chi connectivity index (χ3v) is 6.37. The van der Waals surface area contributed by atoms with E-state index in [1.165, 1.54) is 12.0 Å². The zero-order valence-corrected chi connectivity index (χ0v) is 24.8. The fraction of sp³-hybridized carbons (Fsp3) is 0.586. The molecule has 0 aliphatic heterocycles. The quantitative estimate of drug-likeness (QED) is 0.189. The molecule has 0 aliphatic rings. The molecule has 0 spiro atoms. The van der Waals surface area contributed by atoms with E-state index in [2.05, 4.69) is 28.2 Å². The van der Waals surface area contributed by atoms with Crippen LogP contribution in [0.1, 0.15) is 77.0 Å². The van der Waals surface area contributed by atoms with Crippen molar-refractivity contribution in [3.63, 3.8) is 0 Å². The van der Waals surface area contributed by atoms with E-state index < -0.39 is 41.6 Å². The van der Waals surface area contributed by atoms with Gasteiger partial charge in [-0.15, -0.1) is 6.42 Å². The summed E-state index contributed by atoms with van der Waals surface area (Å²) in [6.07, 6.45) is 10.6. The first-order valence-electron chi connectivity index (χ1n) is 13.2. The van der Waals surface area contributed by atoms with Gasteiger partial charge in [0.15, 0.2) is 0 Å². The van der Waals surface area contributed by atoms with Gasteiger partial charge in [-0.3, -0.25) is 14.4 Å². The number of hydrogen-bond donors (Lipinski definition) is 2. The zero-order chi connectivity index (χ0) is 29.4. The molecule has 0 radical (unpaired) electrons. The number of hydrogen-bond acceptors (Lipinski definition) is 7. The van der Waals surface area contributed by atoms with E-state index >= 15 is 0 Å². The van der Waals surface area contributed by atoms with Crippen LogP contribution in [0.25, 0.3) is 0 Å². The SMILES string of the molecule is C#Cc1ccc(C(C(=O)NCC(=O)OC)N(CCCCCC)C(=O)C(CCSC)NC(=O)OC(C)(C)C)cc1. The number of alkyl carbamates (subject to hydrolysis) is 1. The maximum atomic E-state index is 14.1. The summed E-state index contributed by atoms with van der Waals surface area (Å²) in [5.74, 6) is 1.58. The Kier molecular flexibility index (Phi) is 15.1. The molecule has 2 N–H and O–H groups in total. The number of methoxy groups -OCH3 is 1. The Labute approximate surface area is 237 Å². The van der Waals surface area contributed by atoms with Gasteiger partial charge < -0.3 is 25.0 Å². The molecule has 0 heterocycles. The monoisotopic (exact) mass is 561 g/mol. The molecule has 216 valence electrons. The van der Waals surface area contributed by atoms with E-state index in [-0.39, 0.29) is 13.1 Å². The second kappa shape index (κ2) is 17.4. The van der Waals surface area contributed by atoms with E-state index in [9.17, 15) is 19.2 Å². The fourth-order valence-electron chi connectivity index (χ4n) is 3.78. The first kappa shape index (κ1) is 33.8. The van der Waals surface area contributed by atoms with E-state index in [1.807, 2.05) is 6.26 Å². The van der Waals surface area contributed by atoms with Crippen LogP contribution in [0, 0.1) is 12.3 Å². The van der Waals surface area contributed by atoms with E-state index in [4.69, 9.17) is 11.2 Å². The van der Waals surface area contributed by atoms with E-state index in [0.717, 1.165) is 19.3 Å². The first-order valence-corrected chi connectivity index (χ1v) is 14.6. The summed E-state index contributed by atoms with van der Waals surface area (Å²) in [4.78, 5) is 53.5. The normalized spacial score (nSPS) is 12.4. The molecular formula is C29H43N3O6S. The van der Waals surface area contributed by atoms with Gasteiger partial charge in [0.05, 0.1) is 7.11 Å². The van der Waals surface area contributed by atoms with Gasteiger partial charge in [0, 0.05) is 12.1 Å². The first-order chi connectivity index (χ1) is 18.5. The van der Waals surface area contributed by atoms with Crippen LogP contribution in [0.4, 0.5) is 4.79 Å². The highest BCUT2D eigenvalue weighted by Gasteiger charge is 2.36. The number of nitrogens with one attached hydrogen (secondary N) is 2. The smallest absolute Gasteiger partial charge is 0.408 e. The number of terminal acetylenes is 1. The van der Waals surface area contributed by atoms with Crippen LogP contribution in [-0.4, -0.2) is 72.6 Å². The Morgan fingerprint density at radius 1 is 1.10 bits per heavy atom. The average Bonchev–Trinajstić information content (AvgIpc) is 2.89. The summed E-state index contributed by atoms with van der Waals surface area (Å²) in [7, 11) is 1.23. The Bertz CT molecular complexity index is 984. The van der Waals surface area contributed by atoms with Crippen LogP contribution in [0.2, 0.25) is 0 Å². The highest BCUT2D eigenvalue weighted by molar-refractivity contribution is 7.98. The highest BCUT2D eigenvalue weighted by atomic mass is 32.2. The molecule has 2 atom stereocenters. The van der Waals surface area contributed by atoms with Crippen molar-refractivity contribution in [1.82, 2.24) is 15.5 Å². The second-order valence-electron chi connectivity index (χ2n) is 10.0. The Morgan fingerprint density at radius 3 is 2.31 bits per heavy atom. The summed E-state index contributed by atoms with van der Waals surface area (Å²) in [6.45, 7) is 7.24. The number of nitrogens with zero attached hydrogens (tertiary/aromatic N) is 1. The molecule has 10 heteroatoms. The number of carbonyl (C=O) groups excluding carboxylic acids is 4. The van der Waals surface area contributed by atoms with Crippen molar-refractivity contribution in [1.29, 1.82) is 0 Å². The standard InChI is InChI=1S/C29H43N3O6S/c1-8-10-11-12-18-32(27(35)23(17-19-39-7)31-28(36)38-29(3,4)5)25(26(34)30-20-24(33)37-6)22-15-13-21(9-2)14-16-22/h2,13-16,23,25H,8,10-12,17-20H2,1,3-7H3,(H,30,34)(H,31,36). The van der Waals surface area contributed by atoms with Crippen molar-refractivity contribution in [2.75, 3.05) is 32.2 Å². The lowest BCUT2D eigenvalue weighted by molar-refractivity contribution is -0.144. The molecular weight excluding hydrogens is 518 g/mol. The molecule has 0 bridgehead atoms. The summed E-state index contributed by atoms with van der Waals surface area (Å²) in [6, 6.07) is 4.80. The summed E-state index contributed by atoms with van der Waals surface area (Å²) < 4.78 is 10.1. The van der Waals surface area contributed by atoms with Crippen molar-refractivity contribution in [3.05, 3.63) is 35.4 Å². The van der Waals surface area contributed by atoms with Crippen LogP contribution in [0.15, 0.2) is 24.3 Å². The number of benzene rings is 1. The van der Waals surface area contributed by atoms with Gasteiger partial charge >= 0.3 is 12.1 Å². The average molecular weight is 562 g/mol. The predicted molar refractivity (Wildman–Crippen MR) is 154 cm³/mol. The van der Waals surface area contributed by atoms with Crippen molar-refractivity contribution in [2.24, 2.45) is 0 Å². The third-order valence-electron chi connectivity index (χ3n) is 5.72. The van der Waals surface area contributed by atoms with Crippen LogP contribution in [0.3, 0.4) is 0 Å². The molecule has 0 saturated carbocycles. The Hall–Kier alpha value is -3.19. The third kappa shape index (κ3) is 12.5. The molecule has 0 fully saturated rings. The van der Waals surface area contributed by atoms with Gasteiger partial charge in [-0.25, -0.2) is 4.79 Å². The number of carbonyl (C=O) groups is 4. The molecule has 39 heavy (non-hydrogen) atoms. The lowest BCUT2D eigenvalue weighted by Crippen LogP contribution is -2.53. The second-order valence-corrected chi connectivity index (χ2v) is 11.0. The van der Waals surface area contributed by atoms with Crippen molar-refractivity contribution in [2.45, 2.75) is 77.5 Å². The van der Waals surface area contributed by atoms with Gasteiger partial charge in [0.2, 0.25) is 11.8 Å². The minimum absolute atomic E-state index is 0.276. The van der Waals surface area contributed by atoms with Crippen molar-refractivity contribution >= 4 is 35.6 Å². The van der Waals surface area contributed by atoms with Crippen molar-refractivity contribution < 1.29 is 28.7 Å². The molecule has 1 rings (SSSR count). The van der Waals surface area contributed by atoms with Crippen molar-refractivity contribution in [3.8, 4) is 12.3 Å². The minimum Gasteiger partial charge on any atom is -0.468 e. The van der Waals surface area contributed by atoms with Gasteiger partial charge in [0.25, 0.3) is 0 Å². The molecule has 2 unspecified atom stereocenters. The van der Waals surface area contributed by atoms with E-state index in [1.54, 1.807) is 56.8 Å². The molecule has 0 aromatic heterocycles. The zero-order valence-electron chi connectivity index (χ0n) is 24.0. The van der Waals surface area contributed by atoms with Gasteiger partial charge in [-0.2, -0.15) is 11.8 Å².